The minimum Gasteiger partial charge on any atom is -1.00 e. The van der Waals surface area contributed by atoms with Crippen molar-refractivity contribution in [1.82, 2.24) is 4.57 Å². The summed E-state index contributed by atoms with van der Waals surface area (Å²) in [6.45, 7) is 3.77. The van der Waals surface area contributed by atoms with Crippen molar-refractivity contribution in [2.45, 2.75) is 32.9 Å². The van der Waals surface area contributed by atoms with Crippen molar-refractivity contribution in [3.63, 3.8) is 0 Å². The number of hydrogen-bond donors (Lipinski definition) is 1. The van der Waals surface area contributed by atoms with Crippen LogP contribution in [0.15, 0.2) is 18.7 Å². The van der Waals surface area contributed by atoms with Crippen molar-refractivity contribution < 1.29 is 29.9 Å². The lowest BCUT2D eigenvalue weighted by atomic mass is 10.3. The predicted octanol–water partition coefficient (Wildman–Crippen LogP) is -2.53. The van der Waals surface area contributed by atoms with Gasteiger partial charge in [-0.1, -0.05) is 0 Å². The molecule has 0 fully saturated rings. The maximum atomic E-state index is 10.4. The van der Waals surface area contributed by atoms with E-state index in [0.29, 0.717) is 6.42 Å². The highest BCUT2D eigenvalue weighted by atomic mass is 35.5. The number of nitrogens with zero attached hydrogens (tertiary/aromatic N) is 2. The van der Waals surface area contributed by atoms with E-state index in [1.807, 2.05) is 27.9 Å². The standard InChI is InChI=1S/C9H16N2O3S.ClH/c1-2-10-6-7-11(9-10)5-3-4-8-15(12,13)14;/h6-7,9H,2-5,8H2,1H3;1H. The third kappa shape index (κ3) is 6.09. The Kier molecular flexibility index (Phi) is 6.62. The Morgan fingerprint density at radius 3 is 2.56 bits per heavy atom. The second-order valence-electron chi connectivity index (χ2n) is 3.48. The molecule has 0 aromatic carbocycles. The van der Waals surface area contributed by atoms with E-state index >= 15 is 0 Å². The van der Waals surface area contributed by atoms with Crippen LogP contribution in [0.5, 0.6) is 0 Å². The Balaban J connectivity index is 0.00000225. The highest BCUT2D eigenvalue weighted by molar-refractivity contribution is 7.85. The normalized spacial score (nSPS) is 11.1. The molecule has 0 radical (unpaired) electrons. The van der Waals surface area contributed by atoms with Crippen LogP contribution in [0.4, 0.5) is 0 Å². The van der Waals surface area contributed by atoms with Gasteiger partial charge in [0.15, 0.2) is 0 Å². The Labute approximate surface area is 102 Å². The first-order valence-corrected chi connectivity index (χ1v) is 6.62. The number of aromatic nitrogens is 2. The number of hydrogen-bond acceptors (Lipinski definition) is 2. The van der Waals surface area contributed by atoms with Crippen LogP contribution in [-0.2, 0) is 23.2 Å². The van der Waals surface area contributed by atoms with Crippen LogP contribution >= 0.6 is 0 Å². The molecule has 0 aliphatic heterocycles. The number of halogens is 1. The van der Waals surface area contributed by atoms with Crippen molar-refractivity contribution in [3.8, 4) is 0 Å². The highest BCUT2D eigenvalue weighted by Crippen LogP contribution is 1.94. The lowest BCUT2D eigenvalue weighted by Crippen LogP contribution is -3.00. The highest BCUT2D eigenvalue weighted by Gasteiger charge is 2.05. The summed E-state index contributed by atoms with van der Waals surface area (Å²) in [5.41, 5.74) is 0. The summed E-state index contributed by atoms with van der Waals surface area (Å²) in [6, 6.07) is 0. The number of rotatable bonds is 6. The largest absolute Gasteiger partial charge is 1.00 e. The molecule has 0 unspecified atom stereocenters. The van der Waals surface area contributed by atoms with E-state index in [0.717, 1.165) is 19.5 Å². The van der Waals surface area contributed by atoms with Crippen LogP contribution in [-0.4, -0.2) is 23.3 Å². The smallest absolute Gasteiger partial charge is 0.264 e. The zero-order valence-corrected chi connectivity index (χ0v) is 10.8. The van der Waals surface area contributed by atoms with Crippen LogP contribution in [0.25, 0.3) is 0 Å². The van der Waals surface area contributed by atoms with Crippen LogP contribution in [0, 0.1) is 0 Å². The van der Waals surface area contributed by atoms with Crippen molar-refractivity contribution >= 4 is 10.1 Å². The van der Waals surface area contributed by atoms with Gasteiger partial charge in [-0.3, -0.25) is 4.55 Å². The molecule has 0 spiro atoms. The molecule has 0 saturated carbocycles. The van der Waals surface area contributed by atoms with Gasteiger partial charge in [0.25, 0.3) is 10.1 Å². The molecule has 1 aromatic heterocycles. The molecule has 94 valence electrons. The molecular weight excluding hydrogens is 252 g/mol. The van der Waals surface area contributed by atoms with E-state index in [1.54, 1.807) is 0 Å². The number of imidazole rings is 1. The van der Waals surface area contributed by atoms with Gasteiger partial charge in [0.1, 0.15) is 12.4 Å². The maximum Gasteiger partial charge on any atom is 0.264 e. The monoisotopic (exact) mass is 268 g/mol. The van der Waals surface area contributed by atoms with Crippen molar-refractivity contribution in [1.29, 1.82) is 0 Å². The molecule has 0 saturated heterocycles. The average Bonchev–Trinajstić information content (AvgIpc) is 2.59. The molecule has 0 aliphatic carbocycles. The molecule has 0 atom stereocenters. The summed E-state index contributed by atoms with van der Waals surface area (Å²) in [5, 5.41) is 0. The van der Waals surface area contributed by atoms with Crippen LogP contribution < -0.4 is 17.0 Å². The fraction of sp³-hybridized carbons (Fsp3) is 0.667. The van der Waals surface area contributed by atoms with Gasteiger partial charge in [0, 0.05) is 0 Å². The van der Waals surface area contributed by atoms with Gasteiger partial charge in [-0.25, -0.2) is 9.13 Å². The SMILES string of the molecule is CCn1cc[n+](CCCCS(=O)(=O)O)c1.[Cl-]. The topological polar surface area (TPSA) is 63.2 Å². The second kappa shape index (κ2) is 6.88. The maximum absolute atomic E-state index is 10.4. The molecule has 1 aromatic rings. The summed E-state index contributed by atoms with van der Waals surface area (Å²) >= 11 is 0. The molecule has 16 heavy (non-hydrogen) atoms. The molecule has 0 aliphatic rings. The minimum atomic E-state index is -3.79. The minimum absolute atomic E-state index is 0. The van der Waals surface area contributed by atoms with Crippen molar-refractivity contribution in [3.05, 3.63) is 18.7 Å². The third-order valence-electron chi connectivity index (χ3n) is 2.18. The molecule has 1 N–H and O–H groups in total. The summed E-state index contributed by atoms with van der Waals surface area (Å²) in [5.74, 6) is -0.151. The van der Waals surface area contributed by atoms with Gasteiger partial charge in [0.05, 0.1) is 18.8 Å². The average molecular weight is 269 g/mol. The zero-order valence-electron chi connectivity index (χ0n) is 9.21. The van der Waals surface area contributed by atoms with Crippen LogP contribution in [0.3, 0.4) is 0 Å². The van der Waals surface area contributed by atoms with E-state index in [9.17, 15) is 8.42 Å². The van der Waals surface area contributed by atoms with E-state index in [2.05, 4.69) is 6.92 Å². The lowest BCUT2D eigenvalue weighted by Gasteiger charge is -1.96. The number of aryl methyl sites for hydroxylation is 2. The quantitative estimate of drug-likeness (QED) is 0.352. The van der Waals surface area contributed by atoms with Gasteiger partial charge in [-0.2, -0.15) is 8.42 Å². The molecular formula is C9H17ClN2O3S. The van der Waals surface area contributed by atoms with Gasteiger partial charge in [0.2, 0.25) is 6.33 Å². The predicted molar refractivity (Wildman–Crippen MR) is 56.0 cm³/mol. The molecule has 0 amide bonds. The Hall–Kier alpha value is -0.590. The van der Waals surface area contributed by atoms with E-state index < -0.39 is 10.1 Å². The fourth-order valence-electron chi connectivity index (χ4n) is 1.34. The van der Waals surface area contributed by atoms with Gasteiger partial charge >= 0.3 is 0 Å². The second-order valence-corrected chi connectivity index (χ2v) is 5.05. The molecule has 0 bridgehead atoms. The number of unbranched alkanes of at least 4 members (excludes halogenated alkanes) is 1. The van der Waals surface area contributed by atoms with Gasteiger partial charge in [-0.05, 0) is 19.8 Å². The molecule has 1 rings (SSSR count). The van der Waals surface area contributed by atoms with Gasteiger partial charge < -0.3 is 12.4 Å². The summed E-state index contributed by atoms with van der Waals surface area (Å²) in [6.07, 6.45) is 7.15. The summed E-state index contributed by atoms with van der Waals surface area (Å²) in [7, 11) is -3.79. The Morgan fingerprint density at radius 1 is 1.38 bits per heavy atom. The Bertz CT molecular complexity index is 403. The van der Waals surface area contributed by atoms with Crippen molar-refractivity contribution in [2.24, 2.45) is 0 Å². The molecule has 1 heterocycles. The van der Waals surface area contributed by atoms with Crippen molar-refractivity contribution in [2.75, 3.05) is 5.75 Å². The zero-order chi connectivity index (χ0) is 11.3. The first-order valence-electron chi connectivity index (χ1n) is 5.01. The van der Waals surface area contributed by atoms with Gasteiger partial charge in [-0.15, -0.1) is 0 Å². The summed E-state index contributed by atoms with van der Waals surface area (Å²) in [4.78, 5) is 0. The van der Waals surface area contributed by atoms with E-state index in [-0.39, 0.29) is 18.2 Å². The summed E-state index contributed by atoms with van der Waals surface area (Å²) < 4.78 is 33.4. The molecule has 5 nitrogen and oxygen atoms in total. The fourth-order valence-corrected chi connectivity index (χ4v) is 1.91. The Morgan fingerprint density at radius 2 is 2.06 bits per heavy atom. The van der Waals surface area contributed by atoms with E-state index in [1.165, 1.54) is 0 Å². The van der Waals surface area contributed by atoms with E-state index in [4.69, 9.17) is 4.55 Å². The first kappa shape index (κ1) is 15.4. The first-order chi connectivity index (χ1) is 7.01. The van der Waals surface area contributed by atoms with Crippen LogP contribution in [0.1, 0.15) is 19.8 Å². The lowest BCUT2D eigenvalue weighted by molar-refractivity contribution is -0.696. The molecule has 7 heteroatoms. The van der Waals surface area contributed by atoms with Crippen LogP contribution in [0.2, 0.25) is 0 Å². The third-order valence-corrected chi connectivity index (χ3v) is 2.98.